The van der Waals surface area contributed by atoms with Crippen molar-refractivity contribution in [3.05, 3.63) is 39.5 Å². The number of benzene rings is 1. The van der Waals surface area contributed by atoms with Crippen LogP contribution in [-0.4, -0.2) is 15.1 Å². The highest BCUT2D eigenvalue weighted by Crippen LogP contribution is 2.23. The molecule has 0 bridgehead atoms. The molecule has 70 valence electrons. The molecule has 0 saturated carbocycles. The molecule has 0 unspecified atom stereocenters. The Balaban J connectivity index is 2.81. The average Bonchev–Trinajstić information content (AvgIpc) is 2.16. The molecule has 0 amide bonds. The maximum absolute atomic E-state index is 10.6. The number of nitrogens with zero attached hydrogens (tertiary/aromatic N) is 3. The van der Waals surface area contributed by atoms with Crippen LogP contribution in [0.2, 0.25) is 5.15 Å². The van der Waals surface area contributed by atoms with E-state index in [9.17, 15) is 10.1 Å². The van der Waals surface area contributed by atoms with Crippen molar-refractivity contribution in [2.24, 2.45) is 0 Å². The van der Waals surface area contributed by atoms with Gasteiger partial charge in [0.05, 0.1) is 4.92 Å². The van der Waals surface area contributed by atoms with Gasteiger partial charge in [0.2, 0.25) is 0 Å². The number of rotatable bonds is 1. The monoisotopic (exact) mass is 209 g/mol. The topological polar surface area (TPSA) is 68.9 Å². The molecule has 0 aliphatic heterocycles. The van der Waals surface area contributed by atoms with Crippen LogP contribution < -0.4 is 0 Å². The fraction of sp³-hybridized carbons (Fsp3) is 0. The van der Waals surface area contributed by atoms with Gasteiger partial charge >= 0.3 is 0 Å². The van der Waals surface area contributed by atoms with Crippen molar-refractivity contribution in [2.75, 3.05) is 0 Å². The van der Waals surface area contributed by atoms with Crippen molar-refractivity contribution in [1.82, 2.24) is 10.2 Å². The summed E-state index contributed by atoms with van der Waals surface area (Å²) in [6.07, 6.45) is 0. The Morgan fingerprint density at radius 2 is 2.14 bits per heavy atom. The Morgan fingerprint density at radius 1 is 1.36 bits per heavy atom. The first-order valence-corrected chi connectivity index (χ1v) is 4.12. The van der Waals surface area contributed by atoms with E-state index < -0.39 is 4.92 Å². The predicted molar refractivity (Wildman–Crippen MR) is 51.2 cm³/mol. The Bertz CT molecular complexity index is 515. The van der Waals surface area contributed by atoms with Crippen molar-refractivity contribution in [3.63, 3.8) is 0 Å². The van der Waals surface area contributed by atoms with Gasteiger partial charge in [-0.15, -0.1) is 10.2 Å². The van der Waals surface area contributed by atoms with E-state index in [2.05, 4.69) is 10.2 Å². The third kappa shape index (κ3) is 1.38. The maximum Gasteiger partial charge on any atom is 0.297 e. The number of non-ortho nitro benzene ring substituents is 1. The predicted octanol–water partition coefficient (Wildman–Crippen LogP) is 2.19. The number of hydrogen-bond donors (Lipinski definition) is 0. The third-order valence-corrected chi connectivity index (χ3v) is 1.95. The second kappa shape index (κ2) is 3.19. The molecular weight excluding hydrogens is 206 g/mol. The summed E-state index contributed by atoms with van der Waals surface area (Å²) in [5, 5.41) is 18.7. The lowest BCUT2D eigenvalue weighted by molar-refractivity contribution is -0.383. The normalized spacial score (nSPS) is 10.4. The van der Waals surface area contributed by atoms with Crippen LogP contribution >= 0.6 is 11.6 Å². The molecule has 2 aromatic rings. The quantitative estimate of drug-likeness (QED) is 0.533. The van der Waals surface area contributed by atoms with Gasteiger partial charge in [-0.2, -0.15) is 0 Å². The Hall–Kier alpha value is -1.75. The molecular formula is C8H4ClN3O2. The van der Waals surface area contributed by atoms with Gasteiger partial charge in [-0.05, 0) is 6.07 Å². The summed E-state index contributed by atoms with van der Waals surface area (Å²) < 4.78 is 0. The number of aromatic nitrogens is 2. The van der Waals surface area contributed by atoms with Crippen molar-refractivity contribution in [1.29, 1.82) is 0 Å². The van der Waals surface area contributed by atoms with Crippen LogP contribution in [0.4, 0.5) is 5.69 Å². The molecule has 0 saturated heterocycles. The van der Waals surface area contributed by atoms with Crippen LogP contribution in [0.15, 0.2) is 24.3 Å². The van der Waals surface area contributed by atoms with E-state index in [4.69, 9.17) is 11.6 Å². The second-order valence-electron chi connectivity index (χ2n) is 2.64. The van der Waals surface area contributed by atoms with Gasteiger partial charge in [-0.25, -0.2) is 0 Å². The summed E-state index contributed by atoms with van der Waals surface area (Å²) in [4.78, 5) is 10.1. The van der Waals surface area contributed by atoms with E-state index >= 15 is 0 Å². The van der Waals surface area contributed by atoms with Gasteiger partial charge in [0.25, 0.3) is 5.69 Å². The van der Waals surface area contributed by atoms with E-state index in [1.165, 1.54) is 12.1 Å². The highest BCUT2D eigenvalue weighted by molar-refractivity contribution is 6.29. The molecule has 0 aliphatic carbocycles. The molecule has 0 fully saturated rings. The van der Waals surface area contributed by atoms with Crippen LogP contribution in [-0.2, 0) is 0 Å². The highest BCUT2D eigenvalue weighted by atomic mass is 35.5. The number of hydrogen-bond acceptors (Lipinski definition) is 4. The van der Waals surface area contributed by atoms with Gasteiger partial charge in [-0.1, -0.05) is 23.7 Å². The zero-order valence-electron chi connectivity index (χ0n) is 6.85. The minimum absolute atomic E-state index is 0.0633. The van der Waals surface area contributed by atoms with Crippen molar-refractivity contribution < 1.29 is 4.92 Å². The van der Waals surface area contributed by atoms with Crippen LogP contribution in [0, 0.1) is 10.1 Å². The lowest BCUT2D eigenvalue weighted by Crippen LogP contribution is -1.92. The minimum atomic E-state index is -0.495. The van der Waals surface area contributed by atoms with Gasteiger partial charge in [-0.3, -0.25) is 10.1 Å². The summed E-state index contributed by atoms with van der Waals surface area (Å²) >= 11 is 5.61. The van der Waals surface area contributed by atoms with E-state index in [0.29, 0.717) is 5.39 Å². The zero-order chi connectivity index (χ0) is 10.1. The molecule has 0 N–H and O–H groups in total. The first-order chi connectivity index (χ1) is 6.68. The summed E-state index contributed by atoms with van der Waals surface area (Å²) in [6.45, 7) is 0. The van der Waals surface area contributed by atoms with Gasteiger partial charge in [0.1, 0.15) is 0 Å². The van der Waals surface area contributed by atoms with Gasteiger partial charge in [0.15, 0.2) is 10.7 Å². The van der Waals surface area contributed by atoms with Gasteiger partial charge in [0, 0.05) is 11.5 Å². The summed E-state index contributed by atoms with van der Waals surface area (Å²) in [6, 6.07) is 6.20. The Labute approximate surface area is 83.5 Å². The molecule has 1 aromatic heterocycles. The first-order valence-electron chi connectivity index (χ1n) is 3.75. The largest absolute Gasteiger partial charge is 0.297 e. The molecule has 6 heteroatoms. The Morgan fingerprint density at radius 3 is 2.86 bits per heavy atom. The lowest BCUT2D eigenvalue weighted by Gasteiger charge is -1.96. The van der Waals surface area contributed by atoms with E-state index in [1.54, 1.807) is 12.1 Å². The van der Waals surface area contributed by atoms with Crippen LogP contribution in [0.25, 0.3) is 10.9 Å². The SMILES string of the molecule is O=[N+]([O-])c1cccc2cc(Cl)nnc12. The number of nitro benzene ring substituents is 1. The van der Waals surface area contributed by atoms with E-state index in [0.717, 1.165) is 0 Å². The fourth-order valence-corrected chi connectivity index (χ4v) is 1.33. The fourth-order valence-electron chi connectivity index (χ4n) is 1.18. The minimum Gasteiger partial charge on any atom is -0.258 e. The van der Waals surface area contributed by atoms with Crippen LogP contribution in [0.1, 0.15) is 0 Å². The summed E-state index contributed by atoms with van der Waals surface area (Å²) in [7, 11) is 0. The number of halogens is 1. The number of nitro groups is 1. The van der Waals surface area contributed by atoms with Crippen molar-refractivity contribution >= 4 is 28.2 Å². The first kappa shape index (κ1) is 8.83. The zero-order valence-corrected chi connectivity index (χ0v) is 7.60. The average molecular weight is 210 g/mol. The van der Waals surface area contributed by atoms with E-state index in [1.807, 2.05) is 0 Å². The molecule has 0 atom stereocenters. The highest BCUT2D eigenvalue weighted by Gasteiger charge is 2.12. The molecule has 14 heavy (non-hydrogen) atoms. The smallest absolute Gasteiger partial charge is 0.258 e. The molecule has 1 heterocycles. The van der Waals surface area contributed by atoms with E-state index in [-0.39, 0.29) is 16.4 Å². The molecule has 0 aliphatic rings. The third-order valence-electron chi connectivity index (χ3n) is 1.76. The van der Waals surface area contributed by atoms with Crippen molar-refractivity contribution in [2.45, 2.75) is 0 Å². The lowest BCUT2D eigenvalue weighted by atomic mass is 10.2. The Kier molecular flexibility index (Phi) is 2.01. The molecule has 0 radical (unpaired) electrons. The molecule has 1 aromatic carbocycles. The second-order valence-corrected chi connectivity index (χ2v) is 3.03. The van der Waals surface area contributed by atoms with Crippen LogP contribution in [0.5, 0.6) is 0 Å². The summed E-state index contributed by atoms with van der Waals surface area (Å²) in [5.41, 5.74) is 0.188. The molecule has 5 nitrogen and oxygen atoms in total. The molecule has 2 rings (SSSR count). The summed E-state index contributed by atoms with van der Waals surface area (Å²) in [5.74, 6) is 0. The van der Waals surface area contributed by atoms with Crippen LogP contribution in [0.3, 0.4) is 0 Å². The maximum atomic E-state index is 10.6. The standard InChI is InChI=1S/C8H4ClN3O2/c9-7-4-5-2-1-3-6(12(13)14)8(5)11-10-7/h1-4H. The number of fused-ring (bicyclic) bond motifs is 1. The van der Waals surface area contributed by atoms with Crippen molar-refractivity contribution in [3.8, 4) is 0 Å². The molecule has 0 spiro atoms. The van der Waals surface area contributed by atoms with Gasteiger partial charge < -0.3 is 0 Å².